The van der Waals surface area contributed by atoms with Crippen molar-refractivity contribution in [2.24, 2.45) is 7.05 Å². The lowest BCUT2D eigenvalue weighted by atomic mass is 10.00. The maximum absolute atomic E-state index is 12.6. The third-order valence-electron chi connectivity index (χ3n) is 6.14. The number of aryl methyl sites for hydroxylation is 3. The van der Waals surface area contributed by atoms with Crippen molar-refractivity contribution in [1.82, 2.24) is 24.4 Å². The molecular formula is C24H33N5O4S. The summed E-state index contributed by atoms with van der Waals surface area (Å²) in [6.07, 6.45) is 0.853. The van der Waals surface area contributed by atoms with E-state index in [9.17, 15) is 13.2 Å². The molecule has 0 saturated carbocycles. The number of carbonyl (C=O) groups is 1. The van der Waals surface area contributed by atoms with Crippen molar-refractivity contribution in [3.8, 4) is 5.88 Å². The number of methoxy groups -OCH3 is 1. The summed E-state index contributed by atoms with van der Waals surface area (Å²) >= 11 is 0. The predicted molar refractivity (Wildman–Crippen MR) is 131 cm³/mol. The molecule has 3 aromatic rings. The average Bonchev–Trinajstić information content (AvgIpc) is 3.12. The topological polar surface area (TPSA) is 106 Å². The van der Waals surface area contributed by atoms with Gasteiger partial charge in [-0.15, -0.1) is 5.10 Å². The summed E-state index contributed by atoms with van der Waals surface area (Å²) in [5, 5.41) is 8.14. The van der Waals surface area contributed by atoms with Crippen LogP contribution in [0.15, 0.2) is 29.2 Å². The molecule has 34 heavy (non-hydrogen) atoms. The van der Waals surface area contributed by atoms with Crippen LogP contribution in [-0.4, -0.2) is 53.6 Å². The zero-order chi connectivity index (χ0) is 25.2. The highest BCUT2D eigenvalue weighted by atomic mass is 32.2. The first-order valence-electron chi connectivity index (χ1n) is 11.2. The van der Waals surface area contributed by atoms with Crippen LogP contribution in [0.1, 0.15) is 42.7 Å². The van der Waals surface area contributed by atoms with Gasteiger partial charge in [0.25, 0.3) is 0 Å². The molecule has 184 valence electrons. The lowest BCUT2D eigenvalue weighted by Gasteiger charge is -2.21. The molecule has 0 unspecified atom stereocenters. The highest BCUT2D eigenvalue weighted by Crippen LogP contribution is 2.30. The molecule has 0 atom stereocenters. The number of aromatic nitrogens is 3. The van der Waals surface area contributed by atoms with Gasteiger partial charge in [-0.1, -0.05) is 12.1 Å². The van der Waals surface area contributed by atoms with E-state index in [1.54, 1.807) is 43.1 Å². The van der Waals surface area contributed by atoms with Crippen LogP contribution in [0.2, 0.25) is 0 Å². The summed E-state index contributed by atoms with van der Waals surface area (Å²) in [6.45, 7) is 7.91. The molecule has 0 aliphatic rings. The van der Waals surface area contributed by atoms with Crippen LogP contribution in [0.3, 0.4) is 0 Å². The number of rotatable bonds is 9. The zero-order valence-corrected chi connectivity index (χ0v) is 21.7. The molecule has 1 N–H and O–H groups in total. The van der Waals surface area contributed by atoms with Crippen molar-refractivity contribution in [2.75, 3.05) is 14.2 Å². The monoisotopic (exact) mass is 487 g/mol. The number of carbonyl (C=O) groups excluding carboxylic acids is 1. The summed E-state index contributed by atoms with van der Waals surface area (Å²) in [7, 11) is 1.45. The van der Waals surface area contributed by atoms with E-state index in [1.165, 1.54) is 4.31 Å². The second kappa shape index (κ2) is 10.1. The van der Waals surface area contributed by atoms with Crippen molar-refractivity contribution < 1.29 is 17.9 Å². The number of hydrogen-bond donors (Lipinski definition) is 1. The fourth-order valence-electron chi connectivity index (χ4n) is 3.86. The molecule has 0 spiro atoms. The van der Waals surface area contributed by atoms with E-state index in [-0.39, 0.29) is 16.8 Å². The maximum Gasteiger partial charge on any atom is 0.243 e. The third kappa shape index (κ3) is 5.07. The maximum atomic E-state index is 12.6. The van der Waals surface area contributed by atoms with Crippen LogP contribution in [0, 0.1) is 13.8 Å². The number of ether oxygens (including phenoxy) is 1. The van der Waals surface area contributed by atoms with E-state index >= 15 is 0 Å². The highest BCUT2D eigenvalue weighted by molar-refractivity contribution is 7.89. The number of fused-ring (bicyclic) bond motifs is 1. The van der Waals surface area contributed by atoms with Gasteiger partial charge in [0.05, 0.1) is 17.4 Å². The zero-order valence-electron chi connectivity index (χ0n) is 20.8. The van der Waals surface area contributed by atoms with Crippen LogP contribution >= 0.6 is 0 Å². The second-order valence-corrected chi connectivity index (χ2v) is 10.7. The van der Waals surface area contributed by atoms with Gasteiger partial charge >= 0.3 is 0 Å². The summed E-state index contributed by atoms with van der Waals surface area (Å²) < 4.78 is 33.6. The van der Waals surface area contributed by atoms with Gasteiger partial charge in [0, 0.05) is 38.8 Å². The number of pyridine rings is 1. The Labute approximate surface area is 201 Å². The van der Waals surface area contributed by atoms with E-state index in [1.807, 2.05) is 34.7 Å². The summed E-state index contributed by atoms with van der Waals surface area (Å²) in [4.78, 5) is 17.4. The molecule has 2 aromatic heterocycles. The Hall–Kier alpha value is -2.98. The molecule has 10 heteroatoms. The molecule has 0 aliphatic heterocycles. The molecule has 0 radical (unpaired) electrons. The van der Waals surface area contributed by atoms with Crippen molar-refractivity contribution >= 4 is 27.0 Å². The fraction of sp³-hybridized carbons (Fsp3) is 0.458. The Morgan fingerprint density at radius 2 is 1.85 bits per heavy atom. The molecule has 1 amide bonds. The standard InChI is InChI=1S/C24H33N5O4S/c1-15(2)29(6)34(31,32)19-10-8-18(9-11-19)14-25-21(30)13-12-20-16(3)22-23(26-17(20)4)28(5)27-24(22)33-7/h8-11,15H,12-14H2,1-7H3,(H,25,30). The van der Waals surface area contributed by atoms with Gasteiger partial charge in [-0.3, -0.25) is 4.79 Å². The molecule has 3 rings (SSSR count). The van der Waals surface area contributed by atoms with Gasteiger partial charge in [-0.2, -0.15) is 4.31 Å². The fourth-order valence-corrected chi connectivity index (χ4v) is 5.23. The molecule has 0 fully saturated rings. The van der Waals surface area contributed by atoms with E-state index in [0.717, 1.165) is 33.4 Å². The quantitative estimate of drug-likeness (QED) is 0.497. The smallest absolute Gasteiger partial charge is 0.243 e. The molecule has 0 aliphatic carbocycles. The lowest BCUT2D eigenvalue weighted by molar-refractivity contribution is -0.121. The largest absolute Gasteiger partial charge is 0.479 e. The van der Waals surface area contributed by atoms with Crippen LogP contribution in [-0.2, 0) is 34.8 Å². The average molecular weight is 488 g/mol. The first-order chi connectivity index (χ1) is 16.0. The van der Waals surface area contributed by atoms with Gasteiger partial charge < -0.3 is 10.1 Å². The minimum atomic E-state index is -3.53. The number of nitrogens with one attached hydrogen (secondary N) is 1. The van der Waals surface area contributed by atoms with E-state index in [2.05, 4.69) is 15.4 Å². The van der Waals surface area contributed by atoms with Crippen LogP contribution in [0.5, 0.6) is 5.88 Å². The lowest BCUT2D eigenvalue weighted by Crippen LogP contribution is -2.33. The number of hydrogen-bond acceptors (Lipinski definition) is 6. The Balaban J connectivity index is 1.64. The molecule has 1 aromatic carbocycles. The Morgan fingerprint density at radius 1 is 1.21 bits per heavy atom. The van der Waals surface area contributed by atoms with Gasteiger partial charge in [0.1, 0.15) is 0 Å². The molecular weight excluding hydrogens is 454 g/mol. The minimum absolute atomic E-state index is 0.0895. The second-order valence-electron chi connectivity index (χ2n) is 8.67. The number of amides is 1. The first-order valence-corrected chi connectivity index (χ1v) is 12.6. The summed E-state index contributed by atoms with van der Waals surface area (Å²) in [5.74, 6) is 0.437. The van der Waals surface area contributed by atoms with E-state index in [4.69, 9.17) is 4.74 Å². The molecule has 0 saturated heterocycles. The third-order valence-corrected chi connectivity index (χ3v) is 8.18. The van der Waals surface area contributed by atoms with Gasteiger partial charge in [-0.25, -0.2) is 18.1 Å². The molecule has 2 heterocycles. The van der Waals surface area contributed by atoms with Crippen molar-refractivity contribution in [3.63, 3.8) is 0 Å². The van der Waals surface area contributed by atoms with Crippen LogP contribution < -0.4 is 10.1 Å². The van der Waals surface area contributed by atoms with Gasteiger partial charge in [0.15, 0.2) is 5.65 Å². The number of sulfonamides is 1. The van der Waals surface area contributed by atoms with E-state index < -0.39 is 10.0 Å². The normalized spacial score (nSPS) is 12.0. The number of benzene rings is 1. The van der Waals surface area contributed by atoms with Crippen LogP contribution in [0.25, 0.3) is 11.0 Å². The molecule has 9 nitrogen and oxygen atoms in total. The van der Waals surface area contributed by atoms with Gasteiger partial charge in [-0.05, 0) is 62.9 Å². The first kappa shape index (κ1) is 25.6. The predicted octanol–water partition coefficient (Wildman–Crippen LogP) is 2.87. The SMILES string of the molecule is COc1nn(C)c2nc(C)c(CCC(=O)NCc3ccc(S(=O)(=O)N(C)C(C)C)cc3)c(C)c12. The Morgan fingerprint density at radius 3 is 2.44 bits per heavy atom. The number of nitrogens with zero attached hydrogens (tertiary/aromatic N) is 4. The van der Waals surface area contributed by atoms with Crippen molar-refractivity contribution in [1.29, 1.82) is 0 Å². The van der Waals surface area contributed by atoms with Crippen molar-refractivity contribution in [2.45, 2.75) is 58.0 Å². The summed E-state index contributed by atoms with van der Waals surface area (Å²) in [6, 6.07) is 6.46. The Kier molecular flexibility index (Phi) is 7.62. The van der Waals surface area contributed by atoms with Crippen molar-refractivity contribution in [3.05, 3.63) is 46.6 Å². The van der Waals surface area contributed by atoms with Crippen LogP contribution in [0.4, 0.5) is 0 Å². The molecule has 0 bridgehead atoms. The minimum Gasteiger partial charge on any atom is -0.479 e. The Bertz CT molecular complexity index is 1300. The summed E-state index contributed by atoms with van der Waals surface area (Å²) in [5.41, 5.74) is 4.48. The van der Waals surface area contributed by atoms with E-state index in [0.29, 0.717) is 25.3 Å². The van der Waals surface area contributed by atoms with Gasteiger partial charge in [0.2, 0.25) is 21.8 Å². The highest BCUT2D eigenvalue weighted by Gasteiger charge is 2.23.